The molecule has 7 nitrogen and oxygen atoms in total. The van der Waals surface area contributed by atoms with Crippen molar-refractivity contribution in [3.05, 3.63) is 93.9 Å². The Bertz CT molecular complexity index is 1380. The van der Waals surface area contributed by atoms with Crippen LogP contribution < -0.4 is 9.47 Å². The summed E-state index contributed by atoms with van der Waals surface area (Å²) in [6, 6.07) is 20.6. The molecule has 38 heavy (non-hydrogen) atoms. The number of aliphatic imine (C=N–C) groups is 1. The third kappa shape index (κ3) is 6.44. The molecule has 0 saturated carbocycles. The molecule has 0 unspecified atom stereocenters. The second-order valence-electron chi connectivity index (χ2n) is 8.51. The first kappa shape index (κ1) is 27.0. The highest BCUT2D eigenvalue weighted by Crippen LogP contribution is 2.36. The van der Waals surface area contributed by atoms with E-state index in [2.05, 4.69) is 24.0 Å². The van der Waals surface area contributed by atoms with Gasteiger partial charge in [-0.3, -0.25) is 9.69 Å². The summed E-state index contributed by atoms with van der Waals surface area (Å²) in [7, 11) is 1.34. The number of thioether (sulfide) groups is 1. The van der Waals surface area contributed by atoms with Gasteiger partial charge in [0.1, 0.15) is 6.61 Å². The summed E-state index contributed by atoms with van der Waals surface area (Å²) >= 11 is 1.31. The Hall–Kier alpha value is -4.04. The number of carbonyl (C=O) groups is 2. The van der Waals surface area contributed by atoms with E-state index in [1.165, 1.54) is 24.4 Å². The van der Waals surface area contributed by atoms with E-state index in [-0.39, 0.29) is 5.91 Å². The van der Waals surface area contributed by atoms with Gasteiger partial charge < -0.3 is 14.2 Å². The molecule has 0 aliphatic carbocycles. The van der Waals surface area contributed by atoms with Crippen LogP contribution >= 0.6 is 11.8 Å². The maximum Gasteiger partial charge on any atom is 0.337 e. The Labute approximate surface area is 227 Å². The quantitative estimate of drug-likeness (QED) is 0.236. The monoisotopic (exact) mass is 530 g/mol. The van der Waals surface area contributed by atoms with E-state index in [1.807, 2.05) is 50.3 Å². The number of amidine groups is 1. The molecule has 0 radical (unpaired) electrons. The van der Waals surface area contributed by atoms with E-state index in [9.17, 15) is 9.59 Å². The van der Waals surface area contributed by atoms with Gasteiger partial charge in [-0.25, -0.2) is 9.79 Å². The topological polar surface area (TPSA) is 77.4 Å². The molecular weight excluding hydrogens is 500 g/mol. The molecular formula is C30H30N2O5S. The van der Waals surface area contributed by atoms with Gasteiger partial charge in [0.25, 0.3) is 5.91 Å². The highest BCUT2D eigenvalue weighted by molar-refractivity contribution is 8.18. The maximum absolute atomic E-state index is 13.1. The lowest BCUT2D eigenvalue weighted by Crippen LogP contribution is -2.28. The second-order valence-corrected chi connectivity index (χ2v) is 9.52. The summed E-state index contributed by atoms with van der Waals surface area (Å²) in [6.45, 7) is 7.29. The van der Waals surface area contributed by atoms with Crippen LogP contribution in [0.15, 0.2) is 76.6 Å². The van der Waals surface area contributed by atoms with Crippen LogP contribution in [0.2, 0.25) is 0 Å². The van der Waals surface area contributed by atoms with E-state index in [0.29, 0.717) is 52.6 Å². The molecule has 0 N–H and O–H groups in total. The van der Waals surface area contributed by atoms with Crippen molar-refractivity contribution < 1.29 is 23.8 Å². The van der Waals surface area contributed by atoms with Crippen LogP contribution in [-0.2, 0) is 16.1 Å². The molecule has 3 aromatic carbocycles. The summed E-state index contributed by atoms with van der Waals surface area (Å²) in [5, 5.41) is 0.581. The zero-order valence-corrected chi connectivity index (χ0v) is 22.7. The smallest absolute Gasteiger partial charge is 0.337 e. The summed E-state index contributed by atoms with van der Waals surface area (Å²) in [5.41, 5.74) is 4.17. The summed E-state index contributed by atoms with van der Waals surface area (Å²) in [4.78, 5) is 31.7. The molecule has 0 atom stereocenters. The first-order chi connectivity index (χ1) is 18.4. The van der Waals surface area contributed by atoms with Gasteiger partial charge in [0.2, 0.25) is 0 Å². The molecule has 0 spiro atoms. The van der Waals surface area contributed by atoms with Gasteiger partial charge in [0, 0.05) is 6.54 Å². The van der Waals surface area contributed by atoms with Gasteiger partial charge in [0.05, 0.1) is 29.9 Å². The molecule has 0 bridgehead atoms. The number of esters is 1. The molecule has 1 aliphatic heterocycles. The second kappa shape index (κ2) is 12.5. The first-order valence-corrected chi connectivity index (χ1v) is 13.2. The Morgan fingerprint density at radius 2 is 1.79 bits per heavy atom. The summed E-state index contributed by atoms with van der Waals surface area (Å²) in [6.07, 6.45) is 1.84. The van der Waals surface area contributed by atoms with Gasteiger partial charge in [-0.05, 0) is 86.1 Å². The fourth-order valence-corrected chi connectivity index (χ4v) is 4.95. The van der Waals surface area contributed by atoms with E-state index < -0.39 is 5.97 Å². The zero-order chi connectivity index (χ0) is 27.1. The fourth-order valence-electron chi connectivity index (χ4n) is 3.89. The van der Waals surface area contributed by atoms with Crippen molar-refractivity contribution in [2.75, 3.05) is 20.3 Å². The van der Waals surface area contributed by atoms with E-state index in [1.54, 1.807) is 29.2 Å². The number of amides is 1. The first-order valence-electron chi connectivity index (χ1n) is 12.4. The average molecular weight is 531 g/mol. The number of ether oxygens (including phenoxy) is 3. The molecule has 196 valence electrons. The van der Waals surface area contributed by atoms with Gasteiger partial charge in [-0.1, -0.05) is 35.9 Å². The standard InChI is InChI=1S/C30H30N2O5S/c1-5-32-28(33)27(38-30(32)31-24-13-11-23(12-14-24)29(34)35-4)18-21-10-15-25(26(17-21)36-6-2)37-19-22-9-7-8-20(3)16-22/h7-18H,5-6,19H2,1-4H3/b27-18+,31-30?. The molecule has 1 heterocycles. The average Bonchev–Trinajstić information content (AvgIpc) is 3.21. The van der Waals surface area contributed by atoms with Crippen LogP contribution in [0.4, 0.5) is 5.69 Å². The molecule has 1 fully saturated rings. The number of methoxy groups -OCH3 is 1. The van der Waals surface area contributed by atoms with Gasteiger partial charge in [0.15, 0.2) is 16.7 Å². The van der Waals surface area contributed by atoms with Crippen LogP contribution in [0.25, 0.3) is 6.08 Å². The molecule has 1 amide bonds. The van der Waals surface area contributed by atoms with Crippen molar-refractivity contribution >= 4 is 40.6 Å². The predicted molar refractivity (Wildman–Crippen MR) is 151 cm³/mol. The van der Waals surface area contributed by atoms with E-state index in [4.69, 9.17) is 14.2 Å². The van der Waals surface area contributed by atoms with E-state index >= 15 is 0 Å². The normalized spacial score (nSPS) is 15.3. The largest absolute Gasteiger partial charge is 0.490 e. The third-order valence-corrected chi connectivity index (χ3v) is 6.77. The van der Waals surface area contributed by atoms with Crippen molar-refractivity contribution in [1.82, 2.24) is 4.90 Å². The minimum absolute atomic E-state index is 0.111. The number of rotatable bonds is 9. The van der Waals surface area contributed by atoms with Crippen molar-refractivity contribution in [1.29, 1.82) is 0 Å². The van der Waals surface area contributed by atoms with Crippen molar-refractivity contribution in [2.45, 2.75) is 27.4 Å². The van der Waals surface area contributed by atoms with Crippen molar-refractivity contribution in [3.63, 3.8) is 0 Å². The highest BCUT2D eigenvalue weighted by atomic mass is 32.2. The minimum Gasteiger partial charge on any atom is -0.490 e. The molecule has 8 heteroatoms. The third-order valence-electron chi connectivity index (χ3n) is 5.76. The SMILES string of the molecule is CCOc1cc(/C=C2/SC(=Nc3ccc(C(=O)OC)cc3)N(CC)C2=O)ccc1OCc1cccc(C)c1. The van der Waals surface area contributed by atoms with Gasteiger partial charge >= 0.3 is 5.97 Å². The van der Waals surface area contributed by atoms with Gasteiger partial charge in [-0.2, -0.15) is 0 Å². The molecule has 1 aliphatic rings. The number of nitrogens with zero attached hydrogens (tertiary/aromatic N) is 2. The minimum atomic E-state index is -0.409. The lowest BCUT2D eigenvalue weighted by molar-refractivity contribution is -0.122. The van der Waals surface area contributed by atoms with Crippen LogP contribution in [0.5, 0.6) is 11.5 Å². The Morgan fingerprint density at radius 1 is 1.00 bits per heavy atom. The summed E-state index contributed by atoms with van der Waals surface area (Å²) < 4.78 is 16.6. The Balaban J connectivity index is 1.54. The number of carbonyl (C=O) groups excluding carboxylic acids is 2. The predicted octanol–water partition coefficient (Wildman–Crippen LogP) is 6.38. The molecule has 1 saturated heterocycles. The Morgan fingerprint density at radius 3 is 2.47 bits per heavy atom. The zero-order valence-electron chi connectivity index (χ0n) is 21.9. The maximum atomic E-state index is 13.1. The van der Waals surface area contributed by atoms with E-state index in [0.717, 1.165) is 11.1 Å². The number of benzene rings is 3. The van der Waals surface area contributed by atoms with Crippen molar-refractivity contribution in [2.24, 2.45) is 4.99 Å². The summed E-state index contributed by atoms with van der Waals surface area (Å²) in [5.74, 6) is 0.749. The van der Waals surface area contributed by atoms with Crippen LogP contribution in [-0.4, -0.2) is 42.2 Å². The number of hydrogen-bond donors (Lipinski definition) is 0. The molecule has 0 aromatic heterocycles. The van der Waals surface area contributed by atoms with Gasteiger partial charge in [-0.15, -0.1) is 0 Å². The number of likely N-dealkylation sites (N-methyl/N-ethyl adjacent to an activating group) is 1. The van der Waals surface area contributed by atoms with Crippen LogP contribution in [0.3, 0.4) is 0 Å². The van der Waals surface area contributed by atoms with Crippen molar-refractivity contribution in [3.8, 4) is 11.5 Å². The lowest BCUT2D eigenvalue weighted by atomic mass is 10.1. The highest BCUT2D eigenvalue weighted by Gasteiger charge is 2.32. The van der Waals surface area contributed by atoms with Crippen LogP contribution in [0, 0.1) is 6.92 Å². The van der Waals surface area contributed by atoms with Crippen LogP contribution in [0.1, 0.15) is 40.9 Å². The molecule has 4 rings (SSSR count). The Kier molecular flexibility index (Phi) is 8.86. The molecule has 3 aromatic rings. The number of aryl methyl sites for hydroxylation is 1. The number of hydrogen-bond acceptors (Lipinski definition) is 7. The fraction of sp³-hybridized carbons (Fsp3) is 0.233. The lowest BCUT2D eigenvalue weighted by Gasteiger charge is -2.13.